The minimum Gasteiger partial charge on any atom is -0.309 e. The zero-order valence-corrected chi connectivity index (χ0v) is 11.0. The van der Waals surface area contributed by atoms with Crippen LogP contribution in [0.2, 0.25) is 0 Å². The lowest BCUT2D eigenvalue weighted by molar-refractivity contribution is -0.385. The Bertz CT molecular complexity index is 652. The number of carbonyl (C=O) groups is 1. The van der Waals surface area contributed by atoms with Crippen molar-refractivity contribution >= 4 is 17.4 Å². The number of carbonyl (C=O) groups excluding carboxylic acids is 1. The van der Waals surface area contributed by atoms with Crippen molar-refractivity contribution < 1.29 is 9.72 Å². The van der Waals surface area contributed by atoms with Crippen molar-refractivity contribution in [2.24, 2.45) is 0 Å². The molecule has 8 heteroatoms. The van der Waals surface area contributed by atoms with Gasteiger partial charge in [0.1, 0.15) is 24.3 Å². The fraction of sp³-hybridized carbons (Fsp3) is 0.250. The molecule has 2 aromatic rings. The Morgan fingerprint density at radius 1 is 1.50 bits per heavy atom. The summed E-state index contributed by atoms with van der Waals surface area (Å²) in [5, 5.41) is 17.0. The fourth-order valence-corrected chi connectivity index (χ4v) is 1.60. The molecule has 0 bridgehead atoms. The molecule has 0 aromatic carbocycles. The van der Waals surface area contributed by atoms with Gasteiger partial charge in [0, 0.05) is 5.69 Å². The largest absolute Gasteiger partial charge is 0.309 e. The maximum absolute atomic E-state index is 12.0. The van der Waals surface area contributed by atoms with Gasteiger partial charge in [0.05, 0.1) is 4.92 Å². The smallest absolute Gasteiger partial charge is 0.307 e. The number of amides is 1. The molecule has 0 spiro atoms. The number of nitrogens with one attached hydrogen (secondary N) is 1. The Hall–Kier alpha value is -2.77. The third kappa shape index (κ3) is 2.97. The fourth-order valence-electron chi connectivity index (χ4n) is 1.60. The second-order valence-electron chi connectivity index (χ2n) is 4.27. The van der Waals surface area contributed by atoms with E-state index in [-0.39, 0.29) is 11.6 Å². The van der Waals surface area contributed by atoms with E-state index in [0.717, 1.165) is 11.9 Å². The van der Waals surface area contributed by atoms with Crippen molar-refractivity contribution in [2.45, 2.75) is 19.9 Å². The van der Waals surface area contributed by atoms with Gasteiger partial charge in [-0.3, -0.25) is 19.6 Å². The Kier molecular flexibility index (Phi) is 3.74. The number of aromatic nitrogens is 3. The molecule has 20 heavy (non-hydrogen) atoms. The van der Waals surface area contributed by atoms with E-state index in [1.807, 2.05) is 13.0 Å². The Balaban J connectivity index is 2.10. The summed E-state index contributed by atoms with van der Waals surface area (Å²) in [7, 11) is 0. The van der Waals surface area contributed by atoms with Gasteiger partial charge in [0.15, 0.2) is 0 Å². The summed E-state index contributed by atoms with van der Waals surface area (Å²) in [6.45, 7) is 3.41. The highest BCUT2D eigenvalue weighted by Gasteiger charge is 2.19. The van der Waals surface area contributed by atoms with Crippen LogP contribution in [0.4, 0.5) is 11.5 Å². The van der Waals surface area contributed by atoms with E-state index in [4.69, 9.17) is 0 Å². The van der Waals surface area contributed by atoms with Crippen molar-refractivity contribution in [1.29, 1.82) is 0 Å². The van der Waals surface area contributed by atoms with E-state index in [0.29, 0.717) is 5.82 Å². The summed E-state index contributed by atoms with van der Waals surface area (Å²) < 4.78 is 1.24. The lowest BCUT2D eigenvalue weighted by atomic mass is 10.3. The molecular weight excluding hydrogens is 262 g/mol. The molecule has 0 aliphatic carbocycles. The minimum atomic E-state index is -0.675. The molecular formula is C12H13N5O3. The standard InChI is InChI=1S/C12H13N5O3/c1-8-4-3-5-11(14-8)15-12(18)9(2)16-7-10(6-13-16)17(19)20/h3-7,9H,1-2H3,(H,14,15,18)/t9-/m0/s1. The number of aryl methyl sites for hydroxylation is 1. The molecule has 1 amide bonds. The molecule has 0 saturated carbocycles. The second kappa shape index (κ2) is 5.47. The molecule has 0 fully saturated rings. The summed E-state index contributed by atoms with van der Waals surface area (Å²) in [4.78, 5) is 26.2. The molecule has 0 unspecified atom stereocenters. The SMILES string of the molecule is Cc1cccc(NC(=O)[C@H](C)n2cc([N+](=O)[O-])cn2)n1. The molecule has 1 N–H and O–H groups in total. The van der Waals surface area contributed by atoms with Gasteiger partial charge in [-0.1, -0.05) is 6.07 Å². The van der Waals surface area contributed by atoms with Crippen molar-refractivity contribution in [2.75, 3.05) is 5.32 Å². The highest BCUT2D eigenvalue weighted by atomic mass is 16.6. The predicted octanol–water partition coefficient (Wildman–Crippen LogP) is 1.69. The van der Waals surface area contributed by atoms with E-state index in [1.54, 1.807) is 19.1 Å². The summed E-state index contributed by atoms with van der Waals surface area (Å²) in [6, 6.07) is 4.59. The van der Waals surface area contributed by atoms with Gasteiger partial charge in [-0.15, -0.1) is 0 Å². The first-order valence-electron chi connectivity index (χ1n) is 5.90. The van der Waals surface area contributed by atoms with E-state index in [1.165, 1.54) is 10.9 Å². The number of anilines is 1. The predicted molar refractivity (Wildman–Crippen MR) is 71.2 cm³/mol. The first kappa shape index (κ1) is 13.7. The Labute approximate surface area is 114 Å². The van der Waals surface area contributed by atoms with Crippen LogP contribution in [0.1, 0.15) is 18.7 Å². The van der Waals surface area contributed by atoms with E-state index < -0.39 is 11.0 Å². The van der Waals surface area contributed by atoms with Crippen molar-refractivity contribution in [1.82, 2.24) is 14.8 Å². The third-order valence-electron chi connectivity index (χ3n) is 2.71. The lowest BCUT2D eigenvalue weighted by Gasteiger charge is -2.11. The summed E-state index contributed by atoms with van der Waals surface area (Å²) in [5.74, 6) is 0.0876. The van der Waals surface area contributed by atoms with Gasteiger partial charge in [0.25, 0.3) is 0 Å². The van der Waals surface area contributed by atoms with Crippen LogP contribution in [0.25, 0.3) is 0 Å². The van der Waals surface area contributed by atoms with Crippen LogP contribution < -0.4 is 5.32 Å². The number of rotatable bonds is 4. The first-order chi connectivity index (χ1) is 9.47. The van der Waals surface area contributed by atoms with Gasteiger partial charge in [-0.25, -0.2) is 4.98 Å². The van der Waals surface area contributed by atoms with Crippen LogP contribution in [0.3, 0.4) is 0 Å². The molecule has 1 atom stereocenters. The average Bonchev–Trinajstić information content (AvgIpc) is 2.87. The quantitative estimate of drug-likeness (QED) is 0.675. The zero-order valence-electron chi connectivity index (χ0n) is 11.0. The van der Waals surface area contributed by atoms with Gasteiger partial charge >= 0.3 is 5.69 Å². The van der Waals surface area contributed by atoms with E-state index in [9.17, 15) is 14.9 Å². The maximum atomic E-state index is 12.0. The zero-order chi connectivity index (χ0) is 14.7. The molecule has 0 aliphatic rings. The minimum absolute atomic E-state index is 0.154. The normalized spacial score (nSPS) is 11.9. The molecule has 2 rings (SSSR count). The molecule has 0 radical (unpaired) electrons. The third-order valence-corrected chi connectivity index (χ3v) is 2.71. The lowest BCUT2D eigenvalue weighted by Crippen LogP contribution is -2.24. The summed E-state index contributed by atoms with van der Waals surface area (Å²) in [5.41, 5.74) is 0.628. The highest BCUT2D eigenvalue weighted by Crippen LogP contribution is 2.14. The molecule has 0 saturated heterocycles. The second-order valence-corrected chi connectivity index (χ2v) is 4.27. The molecule has 2 heterocycles. The van der Waals surface area contributed by atoms with Gasteiger partial charge in [0.2, 0.25) is 5.91 Å². The van der Waals surface area contributed by atoms with Crippen LogP contribution in [-0.2, 0) is 4.79 Å². The highest BCUT2D eigenvalue weighted by molar-refractivity contribution is 5.92. The van der Waals surface area contributed by atoms with Crippen molar-refractivity contribution in [3.8, 4) is 0 Å². The topological polar surface area (TPSA) is 103 Å². The van der Waals surface area contributed by atoms with Crippen LogP contribution in [-0.4, -0.2) is 25.6 Å². The first-order valence-corrected chi connectivity index (χ1v) is 5.90. The van der Waals surface area contributed by atoms with Crippen LogP contribution in [0.5, 0.6) is 0 Å². The summed E-state index contributed by atoms with van der Waals surface area (Å²) >= 11 is 0. The van der Waals surface area contributed by atoms with Gasteiger partial charge in [-0.05, 0) is 26.0 Å². The number of hydrogen-bond acceptors (Lipinski definition) is 5. The number of hydrogen-bond donors (Lipinski definition) is 1. The molecule has 0 aliphatic heterocycles. The van der Waals surface area contributed by atoms with Crippen LogP contribution in [0.15, 0.2) is 30.6 Å². The monoisotopic (exact) mass is 275 g/mol. The van der Waals surface area contributed by atoms with Gasteiger partial charge < -0.3 is 5.32 Å². The van der Waals surface area contributed by atoms with E-state index >= 15 is 0 Å². The van der Waals surface area contributed by atoms with Gasteiger partial charge in [-0.2, -0.15) is 5.10 Å². The molecule has 104 valence electrons. The number of nitro groups is 1. The number of nitrogens with zero attached hydrogens (tertiary/aromatic N) is 4. The van der Waals surface area contributed by atoms with E-state index in [2.05, 4.69) is 15.4 Å². The molecule has 8 nitrogen and oxygen atoms in total. The Morgan fingerprint density at radius 3 is 2.85 bits per heavy atom. The van der Waals surface area contributed by atoms with Crippen LogP contribution >= 0.6 is 0 Å². The summed E-state index contributed by atoms with van der Waals surface area (Å²) in [6.07, 6.45) is 2.32. The van der Waals surface area contributed by atoms with Crippen molar-refractivity contribution in [3.05, 3.63) is 46.4 Å². The average molecular weight is 275 g/mol. The van der Waals surface area contributed by atoms with Crippen molar-refractivity contribution in [3.63, 3.8) is 0 Å². The van der Waals surface area contributed by atoms with Crippen LogP contribution in [0, 0.1) is 17.0 Å². The Morgan fingerprint density at radius 2 is 2.25 bits per heavy atom. The maximum Gasteiger partial charge on any atom is 0.307 e. The molecule has 2 aromatic heterocycles. The number of pyridine rings is 1.